The van der Waals surface area contributed by atoms with Crippen LogP contribution in [0.1, 0.15) is 24.0 Å². The normalized spacial score (nSPS) is 16.3. The van der Waals surface area contributed by atoms with E-state index in [9.17, 15) is 10.1 Å². The molecule has 1 saturated heterocycles. The van der Waals surface area contributed by atoms with E-state index in [1.165, 1.54) is 0 Å². The minimum atomic E-state index is -0.537. The highest BCUT2D eigenvalue weighted by Gasteiger charge is 2.26. The Kier molecular flexibility index (Phi) is 3.99. The van der Waals surface area contributed by atoms with Crippen molar-refractivity contribution in [2.75, 3.05) is 13.1 Å². The summed E-state index contributed by atoms with van der Waals surface area (Å²) in [7, 11) is 0. The Morgan fingerprint density at radius 1 is 1.44 bits per heavy atom. The summed E-state index contributed by atoms with van der Waals surface area (Å²) in [6.07, 6.45) is 2.65. The van der Waals surface area contributed by atoms with Crippen LogP contribution in [0.4, 0.5) is 0 Å². The minimum absolute atomic E-state index is 0.00324. The number of benzene rings is 1. The van der Waals surface area contributed by atoms with Gasteiger partial charge in [0.25, 0.3) is 0 Å². The molecule has 1 aliphatic heterocycles. The molecule has 1 unspecified atom stereocenters. The lowest BCUT2D eigenvalue weighted by Gasteiger charge is -2.18. The summed E-state index contributed by atoms with van der Waals surface area (Å²) in [5.41, 5.74) is 2.23. The number of nitrogens with zero attached hydrogens (tertiary/aromatic N) is 2. The molecule has 0 aliphatic carbocycles. The highest BCUT2D eigenvalue weighted by Crippen LogP contribution is 2.16. The van der Waals surface area contributed by atoms with E-state index in [-0.39, 0.29) is 5.91 Å². The Bertz CT molecular complexity index is 470. The molecule has 0 bridgehead atoms. The van der Waals surface area contributed by atoms with Crippen LogP contribution < -0.4 is 0 Å². The number of hydrogen-bond acceptors (Lipinski definition) is 2. The number of amides is 1. The summed E-state index contributed by atoms with van der Waals surface area (Å²) in [6.45, 7) is 3.64. The van der Waals surface area contributed by atoms with Crippen LogP contribution >= 0.6 is 0 Å². The molecule has 0 N–H and O–H groups in total. The highest BCUT2D eigenvalue weighted by molar-refractivity contribution is 5.81. The second-order valence-corrected chi connectivity index (χ2v) is 4.91. The van der Waals surface area contributed by atoms with Gasteiger partial charge >= 0.3 is 0 Å². The number of hydrogen-bond donors (Lipinski definition) is 0. The fraction of sp³-hybridized carbons (Fsp3) is 0.467. The van der Waals surface area contributed by atoms with Crippen LogP contribution in [0.25, 0.3) is 0 Å². The first-order chi connectivity index (χ1) is 8.70. The second kappa shape index (κ2) is 5.68. The molecule has 2 rings (SSSR count). The molecule has 1 amide bonds. The molecular weight excluding hydrogens is 224 g/mol. The van der Waals surface area contributed by atoms with Gasteiger partial charge in [0, 0.05) is 13.1 Å². The zero-order valence-corrected chi connectivity index (χ0v) is 10.7. The predicted octanol–water partition coefficient (Wildman–Crippen LogP) is 2.30. The number of aryl methyl sites for hydroxylation is 1. The van der Waals surface area contributed by atoms with Crippen molar-refractivity contribution in [1.82, 2.24) is 4.90 Å². The Balaban J connectivity index is 2.05. The van der Waals surface area contributed by atoms with E-state index < -0.39 is 5.92 Å². The van der Waals surface area contributed by atoms with Gasteiger partial charge in [-0.2, -0.15) is 5.26 Å². The van der Waals surface area contributed by atoms with E-state index in [4.69, 9.17) is 0 Å². The van der Waals surface area contributed by atoms with Crippen LogP contribution in [-0.4, -0.2) is 23.9 Å². The van der Waals surface area contributed by atoms with E-state index >= 15 is 0 Å². The van der Waals surface area contributed by atoms with Crippen molar-refractivity contribution in [3.63, 3.8) is 0 Å². The van der Waals surface area contributed by atoms with Gasteiger partial charge in [-0.1, -0.05) is 29.8 Å². The number of rotatable bonds is 3. The van der Waals surface area contributed by atoms with Crippen molar-refractivity contribution < 1.29 is 4.79 Å². The highest BCUT2D eigenvalue weighted by atomic mass is 16.2. The van der Waals surface area contributed by atoms with Crippen molar-refractivity contribution in [3.8, 4) is 6.07 Å². The smallest absolute Gasteiger partial charge is 0.240 e. The fourth-order valence-corrected chi connectivity index (χ4v) is 2.42. The molecule has 1 atom stereocenters. The first kappa shape index (κ1) is 12.6. The molecule has 1 heterocycles. The van der Waals surface area contributed by atoms with Crippen LogP contribution in [0.2, 0.25) is 0 Å². The van der Waals surface area contributed by atoms with Crippen molar-refractivity contribution in [2.24, 2.45) is 5.92 Å². The molecule has 0 aromatic heterocycles. The molecule has 94 valence electrons. The first-order valence-electron chi connectivity index (χ1n) is 6.44. The summed E-state index contributed by atoms with van der Waals surface area (Å²) in [4.78, 5) is 14.0. The Labute approximate surface area is 108 Å². The van der Waals surface area contributed by atoms with Gasteiger partial charge in [-0.3, -0.25) is 4.79 Å². The summed E-state index contributed by atoms with van der Waals surface area (Å²) in [5, 5.41) is 9.19. The first-order valence-corrected chi connectivity index (χ1v) is 6.44. The number of likely N-dealkylation sites (tertiary alicyclic amines) is 1. The molecular formula is C15H18N2O. The van der Waals surface area contributed by atoms with E-state index in [0.717, 1.165) is 37.1 Å². The largest absolute Gasteiger partial charge is 0.342 e. The Morgan fingerprint density at radius 3 is 2.78 bits per heavy atom. The second-order valence-electron chi connectivity index (χ2n) is 4.91. The Morgan fingerprint density at radius 2 is 2.17 bits per heavy atom. The van der Waals surface area contributed by atoms with Crippen molar-refractivity contribution in [2.45, 2.75) is 26.2 Å². The third-order valence-electron chi connectivity index (χ3n) is 3.39. The minimum Gasteiger partial charge on any atom is -0.342 e. The van der Waals surface area contributed by atoms with E-state index in [0.29, 0.717) is 6.42 Å². The van der Waals surface area contributed by atoms with Crippen molar-refractivity contribution in [3.05, 3.63) is 35.4 Å². The van der Waals surface area contributed by atoms with Crippen molar-refractivity contribution >= 4 is 5.91 Å². The average Bonchev–Trinajstić information content (AvgIpc) is 2.89. The quantitative estimate of drug-likeness (QED) is 0.816. The van der Waals surface area contributed by atoms with Gasteiger partial charge in [-0.15, -0.1) is 0 Å². The lowest BCUT2D eigenvalue weighted by molar-refractivity contribution is -0.132. The molecule has 1 aromatic rings. The topological polar surface area (TPSA) is 44.1 Å². The van der Waals surface area contributed by atoms with Crippen LogP contribution in [-0.2, 0) is 11.2 Å². The number of nitriles is 1. The van der Waals surface area contributed by atoms with Gasteiger partial charge in [0.1, 0.15) is 5.92 Å². The lowest BCUT2D eigenvalue weighted by atomic mass is 9.98. The molecule has 3 nitrogen and oxygen atoms in total. The predicted molar refractivity (Wildman–Crippen MR) is 69.8 cm³/mol. The molecule has 18 heavy (non-hydrogen) atoms. The molecule has 1 aromatic carbocycles. The zero-order valence-electron chi connectivity index (χ0n) is 10.7. The third-order valence-corrected chi connectivity index (χ3v) is 3.39. The molecule has 3 heteroatoms. The molecule has 1 fully saturated rings. The van der Waals surface area contributed by atoms with Gasteiger partial charge in [0.05, 0.1) is 6.07 Å². The van der Waals surface area contributed by atoms with Gasteiger partial charge in [0.15, 0.2) is 0 Å². The SMILES string of the molecule is Cc1cccc(CC(C#N)C(=O)N2CCCC2)c1. The summed E-state index contributed by atoms with van der Waals surface area (Å²) in [5.74, 6) is -0.540. The maximum absolute atomic E-state index is 12.2. The number of carbonyl (C=O) groups is 1. The van der Waals surface area contributed by atoms with Gasteiger partial charge in [-0.05, 0) is 31.7 Å². The Hall–Kier alpha value is -1.82. The van der Waals surface area contributed by atoms with Gasteiger partial charge in [-0.25, -0.2) is 0 Å². The van der Waals surface area contributed by atoms with Crippen molar-refractivity contribution in [1.29, 1.82) is 5.26 Å². The average molecular weight is 242 g/mol. The van der Waals surface area contributed by atoms with Crippen LogP contribution in [0, 0.1) is 24.2 Å². The standard InChI is InChI=1S/C15H18N2O/c1-12-5-4-6-13(9-12)10-14(11-16)15(18)17-7-2-3-8-17/h4-6,9,14H,2-3,7-8,10H2,1H3. The van der Waals surface area contributed by atoms with E-state index in [1.807, 2.05) is 36.1 Å². The summed E-state index contributed by atoms with van der Waals surface area (Å²) in [6, 6.07) is 10.2. The van der Waals surface area contributed by atoms with Gasteiger partial charge < -0.3 is 4.90 Å². The maximum Gasteiger partial charge on any atom is 0.240 e. The third kappa shape index (κ3) is 2.89. The summed E-state index contributed by atoms with van der Waals surface area (Å²) < 4.78 is 0. The summed E-state index contributed by atoms with van der Waals surface area (Å²) >= 11 is 0. The molecule has 0 spiro atoms. The molecule has 0 saturated carbocycles. The molecule has 0 radical (unpaired) electrons. The maximum atomic E-state index is 12.2. The van der Waals surface area contributed by atoms with E-state index in [2.05, 4.69) is 6.07 Å². The monoisotopic (exact) mass is 242 g/mol. The number of carbonyl (C=O) groups excluding carboxylic acids is 1. The van der Waals surface area contributed by atoms with Crippen LogP contribution in [0.3, 0.4) is 0 Å². The lowest BCUT2D eigenvalue weighted by Crippen LogP contribution is -2.34. The molecule has 1 aliphatic rings. The van der Waals surface area contributed by atoms with Gasteiger partial charge in [0.2, 0.25) is 5.91 Å². The van der Waals surface area contributed by atoms with Crippen LogP contribution in [0.15, 0.2) is 24.3 Å². The zero-order chi connectivity index (χ0) is 13.0. The fourth-order valence-electron chi connectivity index (χ4n) is 2.42. The van der Waals surface area contributed by atoms with E-state index in [1.54, 1.807) is 0 Å². The van der Waals surface area contributed by atoms with Crippen LogP contribution in [0.5, 0.6) is 0 Å².